The zero-order valence-electron chi connectivity index (χ0n) is 12.2. The largest absolute Gasteiger partial charge is 0.496 e. The van der Waals surface area contributed by atoms with E-state index in [2.05, 4.69) is 5.32 Å². The van der Waals surface area contributed by atoms with Gasteiger partial charge in [-0.15, -0.1) is 0 Å². The van der Waals surface area contributed by atoms with Crippen molar-refractivity contribution in [3.8, 4) is 5.75 Å². The molecule has 2 rings (SSSR count). The minimum absolute atomic E-state index is 0.144. The molecule has 21 heavy (non-hydrogen) atoms. The molecule has 0 radical (unpaired) electrons. The van der Waals surface area contributed by atoms with Gasteiger partial charge in [-0.1, -0.05) is 24.3 Å². The van der Waals surface area contributed by atoms with Crippen LogP contribution >= 0.6 is 0 Å². The van der Waals surface area contributed by atoms with Crippen molar-refractivity contribution in [3.63, 3.8) is 0 Å². The summed E-state index contributed by atoms with van der Waals surface area (Å²) >= 11 is 0. The van der Waals surface area contributed by atoms with Crippen LogP contribution in [-0.2, 0) is 13.0 Å². The van der Waals surface area contributed by atoms with Crippen LogP contribution in [0, 0.1) is 11.6 Å². The lowest BCUT2D eigenvalue weighted by Gasteiger charge is -2.16. The molecule has 1 atom stereocenters. The van der Waals surface area contributed by atoms with Crippen molar-refractivity contribution < 1.29 is 13.5 Å². The number of nitrogens with one attached hydrogen (secondary N) is 1. The van der Waals surface area contributed by atoms with Gasteiger partial charge in [0.25, 0.3) is 0 Å². The Kier molecular flexibility index (Phi) is 5.28. The lowest BCUT2D eigenvalue weighted by atomic mass is 10.1. The Bertz CT molecular complexity index is 601. The lowest BCUT2D eigenvalue weighted by Crippen LogP contribution is -2.28. The first-order valence-corrected chi connectivity index (χ1v) is 6.89. The quantitative estimate of drug-likeness (QED) is 0.876. The predicted octanol–water partition coefficient (Wildman–Crippen LogP) is 3.69. The van der Waals surface area contributed by atoms with Crippen LogP contribution in [-0.4, -0.2) is 13.2 Å². The zero-order chi connectivity index (χ0) is 15.2. The maximum atomic E-state index is 13.5. The number of halogens is 2. The molecule has 0 fully saturated rings. The van der Waals surface area contributed by atoms with E-state index in [1.165, 1.54) is 12.1 Å². The molecule has 1 unspecified atom stereocenters. The van der Waals surface area contributed by atoms with Gasteiger partial charge in [0, 0.05) is 24.2 Å². The van der Waals surface area contributed by atoms with Gasteiger partial charge in [-0.25, -0.2) is 8.78 Å². The van der Waals surface area contributed by atoms with Crippen LogP contribution in [0.15, 0.2) is 42.5 Å². The summed E-state index contributed by atoms with van der Waals surface area (Å²) in [6, 6.07) is 11.6. The Labute approximate surface area is 123 Å². The van der Waals surface area contributed by atoms with Gasteiger partial charge in [0.15, 0.2) is 0 Å². The van der Waals surface area contributed by atoms with Crippen molar-refractivity contribution in [1.82, 2.24) is 5.32 Å². The zero-order valence-corrected chi connectivity index (χ0v) is 12.2. The highest BCUT2D eigenvalue weighted by molar-refractivity contribution is 5.33. The van der Waals surface area contributed by atoms with Gasteiger partial charge in [0.05, 0.1) is 7.11 Å². The molecule has 0 saturated carbocycles. The summed E-state index contributed by atoms with van der Waals surface area (Å²) < 4.78 is 31.7. The van der Waals surface area contributed by atoms with Gasteiger partial charge in [-0.05, 0) is 31.0 Å². The molecule has 0 aliphatic carbocycles. The van der Waals surface area contributed by atoms with E-state index in [-0.39, 0.29) is 6.04 Å². The topological polar surface area (TPSA) is 21.3 Å². The van der Waals surface area contributed by atoms with Crippen molar-refractivity contribution in [2.75, 3.05) is 7.11 Å². The molecule has 2 nitrogen and oxygen atoms in total. The molecule has 0 aliphatic rings. The summed E-state index contributed by atoms with van der Waals surface area (Å²) in [7, 11) is 1.64. The fraction of sp³-hybridized carbons (Fsp3) is 0.294. The lowest BCUT2D eigenvalue weighted by molar-refractivity contribution is 0.405. The fourth-order valence-corrected chi connectivity index (χ4v) is 2.22. The van der Waals surface area contributed by atoms with Crippen molar-refractivity contribution in [1.29, 1.82) is 0 Å². The standard InChI is InChI=1S/C17H19F2NO/c1-12(9-13-5-3-4-6-17(13)21-2)20-11-14-7-8-15(18)10-16(14)19/h3-8,10,12,20H,9,11H2,1-2H3. The molecule has 0 amide bonds. The third kappa shape index (κ3) is 4.26. The molecule has 0 heterocycles. The molecule has 2 aromatic rings. The summed E-state index contributed by atoms with van der Waals surface area (Å²) in [4.78, 5) is 0. The van der Waals surface area contributed by atoms with Crippen LogP contribution in [0.25, 0.3) is 0 Å². The first-order valence-electron chi connectivity index (χ1n) is 6.89. The van der Waals surface area contributed by atoms with Crippen molar-refractivity contribution in [2.45, 2.75) is 25.9 Å². The number of hydrogen-bond donors (Lipinski definition) is 1. The van der Waals surface area contributed by atoms with Crippen LogP contribution < -0.4 is 10.1 Å². The van der Waals surface area contributed by atoms with Crippen LogP contribution in [0.1, 0.15) is 18.1 Å². The Hall–Kier alpha value is -1.94. The van der Waals surface area contributed by atoms with Gasteiger partial charge < -0.3 is 10.1 Å². The van der Waals surface area contributed by atoms with Crippen molar-refractivity contribution in [2.24, 2.45) is 0 Å². The SMILES string of the molecule is COc1ccccc1CC(C)NCc1ccc(F)cc1F. The first-order chi connectivity index (χ1) is 10.1. The minimum Gasteiger partial charge on any atom is -0.496 e. The molecule has 0 bridgehead atoms. The van der Waals surface area contributed by atoms with E-state index in [4.69, 9.17) is 4.74 Å². The Morgan fingerprint density at radius 3 is 2.57 bits per heavy atom. The van der Waals surface area contributed by atoms with Crippen LogP contribution in [0.4, 0.5) is 8.78 Å². The van der Waals surface area contributed by atoms with Crippen molar-refractivity contribution >= 4 is 0 Å². The highest BCUT2D eigenvalue weighted by atomic mass is 19.1. The van der Waals surface area contributed by atoms with Gasteiger partial charge in [-0.2, -0.15) is 0 Å². The molecular formula is C17H19F2NO. The van der Waals surface area contributed by atoms with Crippen LogP contribution in [0.2, 0.25) is 0 Å². The minimum atomic E-state index is -0.557. The van der Waals surface area contributed by atoms with Gasteiger partial charge in [0.1, 0.15) is 17.4 Å². The molecule has 0 saturated heterocycles. The normalized spacial score (nSPS) is 12.2. The highest BCUT2D eigenvalue weighted by Gasteiger charge is 2.09. The third-order valence-electron chi connectivity index (χ3n) is 3.37. The average Bonchev–Trinajstić information content (AvgIpc) is 2.47. The van der Waals surface area contributed by atoms with E-state index < -0.39 is 11.6 Å². The smallest absolute Gasteiger partial charge is 0.130 e. The third-order valence-corrected chi connectivity index (χ3v) is 3.37. The number of methoxy groups -OCH3 is 1. The molecule has 1 N–H and O–H groups in total. The Morgan fingerprint density at radius 1 is 1.10 bits per heavy atom. The molecule has 0 aromatic heterocycles. The summed E-state index contributed by atoms with van der Waals surface area (Å²) in [6.07, 6.45) is 0.771. The summed E-state index contributed by atoms with van der Waals surface area (Å²) in [5.74, 6) is -0.232. The molecule has 4 heteroatoms. The van der Waals surface area contributed by atoms with Crippen molar-refractivity contribution in [3.05, 3.63) is 65.2 Å². The Balaban J connectivity index is 1.94. The second kappa shape index (κ2) is 7.18. The number of rotatable bonds is 6. The summed E-state index contributed by atoms with van der Waals surface area (Å²) in [5.41, 5.74) is 1.56. The number of ether oxygens (including phenoxy) is 1. The second-order valence-electron chi connectivity index (χ2n) is 5.03. The molecular weight excluding hydrogens is 272 g/mol. The van der Waals surface area contributed by atoms with Gasteiger partial charge >= 0.3 is 0 Å². The van der Waals surface area contributed by atoms with E-state index in [0.29, 0.717) is 12.1 Å². The fourth-order valence-electron chi connectivity index (χ4n) is 2.22. The number of para-hydroxylation sites is 1. The summed E-state index contributed by atoms with van der Waals surface area (Å²) in [5, 5.41) is 3.24. The van der Waals surface area contributed by atoms with Crippen LogP contribution in [0.5, 0.6) is 5.75 Å². The monoisotopic (exact) mass is 291 g/mol. The van der Waals surface area contributed by atoms with Crippen LogP contribution in [0.3, 0.4) is 0 Å². The average molecular weight is 291 g/mol. The van der Waals surface area contributed by atoms with E-state index in [9.17, 15) is 8.78 Å². The maximum Gasteiger partial charge on any atom is 0.130 e. The highest BCUT2D eigenvalue weighted by Crippen LogP contribution is 2.19. The molecule has 0 aliphatic heterocycles. The van der Waals surface area contributed by atoms with E-state index >= 15 is 0 Å². The summed E-state index contributed by atoms with van der Waals surface area (Å²) in [6.45, 7) is 2.39. The van der Waals surface area contributed by atoms with E-state index in [1.807, 2.05) is 31.2 Å². The number of hydrogen-bond acceptors (Lipinski definition) is 2. The predicted molar refractivity (Wildman–Crippen MR) is 79.4 cm³/mol. The van der Waals surface area contributed by atoms with E-state index in [1.54, 1.807) is 7.11 Å². The second-order valence-corrected chi connectivity index (χ2v) is 5.03. The van der Waals surface area contributed by atoms with E-state index in [0.717, 1.165) is 23.8 Å². The van der Waals surface area contributed by atoms with Gasteiger partial charge in [0.2, 0.25) is 0 Å². The first kappa shape index (κ1) is 15.4. The molecule has 112 valence electrons. The van der Waals surface area contributed by atoms with Gasteiger partial charge in [-0.3, -0.25) is 0 Å². The Morgan fingerprint density at radius 2 is 1.86 bits per heavy atom. The molecule has 0 spiro atoms. The molecule has 2 aromatic carbocycles. The maximum absolute atomic E-state index is 13.5. The number of benzene rings is 2.